The highest BCUT2D eigenvalue weighted by atomic mass is 35.5. The van der Waals surface area contributed by atoms with Crippen LogP contribution in [-0.4, -0.2) is 54.3 Å². The molecule has 1 aromatic carbocycles. The monoisotopic (exact) mass is 309 g/mol. The second-order valence-corrected chi connectivity index (χ2v) is 4.87. The summed E-state index contributed by atoms with van der Waals surface area (Å²) in [5, 5.41) is 1.04. The minimum absolute atomic E-state index is 0. The average molecular weight is 310 g/mol. The van der Waals surface area contributed by atoms with Crippen molar-refractivity contribution in [3.63, 3.8) is 0 Å². The summed E-state index contributed by atoms with van der Waals surface area (Å²) in [5.41, 5.74) is 0.922. The molecule has 0 amide bonds. The van der Waals surface area contributed by atoms with E-state index in [1.54, 1.807) is 6.20 Å². The number of ether oxygens (including phenoxy) is 2. The molecule has 1 aliphatic rings. The first-order chi connectivity index (χ1) is 9.92. The summed E-state index contributed by atoms with van der Waals surface area (Å²) < 4.78 is 10.9. The van der Waals surface area contributed by atoms with E-state index in [9.17, 15) is 0 Å². The number of morpholine rings is 1. The van der Waals surface area contributed by atoms with Gasteiger partial charge in [-0.05, 0) is 12.5 Å². The van der Waals surface area contributed by atoms with Gasteiger partial charge in [0.05, 0.1) is 25.3 Å². The number of halogens is 1. The van der Waals surface area contributed by atoms with Crippen molar-refractivity contribution in [3.8, 4) is 6.01 Å². The molecule has 2 aromatic rings. The van der Waals surface area contributed by atoms with Crippen molar-refractivity contribution >= 4 is 23.3 Å². The Labute approximate surface area is 130 Å². The summed E-state index contributed by atoms with van der Waals surface area (Å²) in [5.74, 6) is 0. The zero-order valence-corrected chi connectivity index (χ0v) is 12.7. The lowest BCUT2D eigenvalue weighted by Crippen LogP contribution is -2.37. The quantitative estimate of drug-likeness (QED) is 0.792. The lowest BCUT2D eigenvalue weighted by Gasteiger charge is -2.26. The molecule has 0 saturated carbocycles. The number of fused-ring (bicyclic) bond motifs is 1. The number of nitrogens with zero attached hydrogens (tertiary/aromatic N) is 3. The Balaban J connectivity index is 0.00000161. The van der Waals surface area contributed by atoms with Gasteiger partial charge in [-0.3, -0.25) is 4.90 Å². The number of hydrogen-bond acceptors (Lipinski definition) is 5. The predicted octanol–water partition coefficient (Wildman–Crippen LogP) is 2.15. The van der Waals surface area contributed by atoms with Gasteiger partial charge in [0.2, 0.25) is 0 Å². The zero-order chi connectivity index (χ0) is 13.6. The molecule has 0 aliphatic carbocycles. The molecule has 1 aromatic heterocycles. The fourth-order valence-electron chi connectivity index (χ4n) is 2.30. The molecule has 0 atom stereocenters. The van der Waals surface area contributed by atoms with E-state index in [0.29, 0.717) is 12.6 Å². The molecule has 1 saturated heterocycles. The van der Waals surface area contributed by atoms with Gasteiger partial charge in [0.15, 0.2) is 0 Å². The van der Waals surface area contributed by atoms with Crippen LogP contribution < -0.4 is 4.74 Å². The molecular weight excluding hydrogens is 290 g/mol. The summed E-state index contributed by atoms with van der Waals surface area (Å²) in [6.45, 7) is 5.41. The highest BCUT2D eigenvalue weighted by Crippen LogP contribution is 2.13. The third-order valence-electron chi connectivity index (χ3n) is 3.42. The van der Waals surface area contributed by atoms with Crippen molar-refractivity contribution in [1.29, 1.82) is 0 Å². The molecule has 0 unspecified atom stereocenters. The Bertz CT molecular complexity index is 561. The van der Waals surface area contributed by atoms with Crippen molar-refractivity contribution in [2.45, 2.75) is 6.42 Å². The smallest absolute Gasteiger partial charge is 0.316 e. The molecule has 0 spiro atoms. The van der Waals surface area contributed by atoms with Gasteiger partial charge in [-0.15, -0.1) is 12.4 Å². The fourth-order valence-corrected chi connectivity index (χ4v) is 2.30. The summed E-state index contributed by atoms with van der Waals surface area (Å²) in [7, 11) is 0. The van der Waals surface area contributed by atoms with Crippen LogP contribution >= 0.6 is 12.4 Å². The molecule has 0 bridgehead atoms. The van der Waals surface area contributed by atoms with Gasteiger partial charge in [-0.25, -0.2) is 4.98 Å². The Morgan fingerprint density at radius 3 is 2.86 bits per heavy atom. The molecule has 114 valence electrons. The molecule has 0 N–H and O–H groups in total. The average Bonchev–Trinajstić information content (AvgIpc) is 2.52. The van der Waals surface area contributed by atoms with Gasteiger partial charge >= 0.3 is 6.01 Å². The maximum Gasteiger partial charge on any atom is 0.316 e. The van der Waals surface area contributed by atoms with Crippen LogP contribution in [0.25, 0.3) is 10.9 Å². The van der Waals surface area contributed by atoms with Crippen LogP contribution in [0.4, 0.5) is 0 Å². The number of hydrogen-bond donors (Lipinski definition) is 0. The van der Waals surface area contributed by atoms with Crippen LogP contribution in [-0.2, 0) is 4.74 Å². The van der Waals surface area contributed by atoms with Gasteiger partial charge < -0.3 is 9.47 Å². The minimum atomic E-state index is 0. The summed E-state index contributed by atoms with van der Waals surface area (Å²) >= 11 is 0. The van der Waals surface area contributed by atoms with Gasteiger partial charge in [-0.1, -0.05) is 18.2 Å². The van der Waals surface area contributed by atoms with Crippen molar-refractivity contribution < 1.29 is 9.47 Å². The van der Waals surface area contributed by atoms with Crippen LogP contribution in [0.2, 0.25) is 0 Å². The normalized spacial score (nSPS) is 15.6. The van der Waals surface area contributed by atoms with Gasteiger partial charge in [0.1, 0.15) is 0 Å². The van der Waals surface area contributed by atoms with E-state index in [-0.39, 0.29) is 12.4 Å². The second-order valence-electron chi connectivity index (χ2n) is 4.87. The van der Waals surface area contributed by atoms with Crippen molar-refractivity contribution in [3.05, 3.63) is 30.5 Å². The van der Waals surface area contributed by atoms with Crippen LogP contribution in [0.3, 0.4) is 0 Å². The van der Waals surface area contributed by atoms with Crippen LogP contribution in [0.15, 0.2) is 30.5 Å². The van der Waals surface area contributed by atoms with Crippen molar-refractivity contribution in [2.75, 3.05) is 39.5 Å². The Morgan fingerprint density at radius 2 is 2.00 bits per heavy atom. The standard InChI is InChI=1S/C15H19N3O2.ClH/c1-2-5-14-13(4-1)12-16-15(17-14)20-9-3-6-18-7-10-19-11-8-18;/h1-2,4-5,12H,3,6-11H2;1H. The lowest BCUT2D eigenvalue weighted by molar-refractivity contribution is 0.0356. The molecule has 0 radical (unpaired) electrons. The lowest BCUT2D eigenvalue weighted by atomic mass is 10.2. The SMILES string of the molecule is Cl.c1ccc2nc(OCCCN3CCOCC3)ncc2c1. The number of para-hydroxylation sites is 1. The molecular formula is C15H20ClN3O2. The van der Waals surface area contributed by atoms with Crippen LogP contribution in [0.1, 0.15) is 6.42 Å². The maximum absolute atomic E-state index is 5.63. The van der Waals surface area contributed by atoms with Crippen molar-refractivity contribution in [2.24, 2.45) is 0 Å². The minimum Gasteiger partial charge on any atom is -0.463 e. The van der Waals surface area contributed by atoms with E-state index in [2.05, 4.69) is 14.9 Å². The first-order valence-electron chi connectivity index (χ1n) is 7.06. The summed E-state index contributed by atoms with van der Waals surface area (Å²) in [6.07, 6.45) is 2.79. The zero-order valence-electron chi connectivity index (χ0n) is 11.9. The van der Waals surface area contributed by atoms with Gasteiger partial charge in [0, 0.05) is 31.2 Å². The first kappa shape index (κ1) is 15.9. The van der Waals surface area contributed by atoms with E-state index in [4.69, 9.17) is 9.47 Å². The highest BCUT2D eigenvalue weighted by Gasteiger charge is 2.09. The van der Waals surface area contributed by atoms with E-state index >= 15 is 0 Å². The summed E-state index contributed by atoms with van der Waals surface area (Å²) in [6, 6.07) is 8.38. The Hall–Kier alpha value is -1.43. The number of benzene rings is 1. The largest absolute Gasteiger partial charge is 0.463 e. The third-order valence-corrected chi connectivity index (χ3v) is 3.42. The number of rotatable bonds is 5. The van der Waals surface area contributed by atoms with Gasteiger partial charge in [-0.2, -0.15) is 4.98 Å². The van der Waals surface area contributed by atoms with Gasteiger partial charge in [0.25, 0.3) is 0 Å². The second kappa shape index (κ2) is 8.12. The van der Waals surface area contributed by atoms with E-state index in [1.807, 2.05) is 24.3 Å². The molecule has 1 aliphatic heterocycles. The van der Waals surface area contributed by atoms with E-state index < -0.39 is 0 Å². The Morgan fingerprint density at radius 1 is 1.19 bits per heavy atom. The molecule has 6 heteroatoms. The third kappa shape index (κ3) is 4.52. The molecule has 1 fully saturated rings. The van der Waals surface area contributed by atoms with E-state index in [1.165, 1.54) is 0 Å². The summed E-state index contributed by atoms with van der Waals surface area (Å²) in [4.78, 5) is 11.0. The maximum atomic E-state index is 5.63. The van der Waals surface area contributed by atoms with Crippen LogP contribution in [0, 0.1) is 0 Å². The molecule has 2 heterocycles. The first-order valence-corrected chi connectivity index (χ1v) is 7.06. The fraction of sp³-hybridized carbons (Fsp3) is 0.467. The molecule has 3 rings (SSSR count). The topological polar surface area (TPSA) is 47.5 Å². The van der Waals surface area contributed by atoms with Crippen molar-refractivity contribution in [1.82, 2.24) is 14.9 Å². The van der Waals surface area contributed by atoms with Crippen LogP contribution in [0.5, 0.6) is 6.01 Å². The van der Waals surface area contributed by atoms with E-state index in [0.717, 1.165) is 50.2 Å². The molecule has 5 nitrogen and oxygen atoms in total. The predicted molar refractivity (Wildman–Crippen MR) is 84.2 cm³/mol. The number of aromatic nitrogens is 2. The molecule has 21 heavy (non-hydrogen) atoms. The Kier molecular flexibility index (Phi) is 6.17. The highest BCUT2D eigenvalue weighted by molar-refractivity contribution is 5.85.